The van der Waals surface area contributed by atoms with Gasteiger partial charge in [-0.15, -0.1) is 0 Å². The average Bonchev–Trinajstić information content (AvgIpc) is 2.26. The highest BCUT2D eigenvalue weighted by Gasteiger charge is 2.18. The number of carboxylic acids is 2. The van der Waals surface area contributed by atoms with Crippen molar-refractivity contribution in [1.29, 1.82) is 0 Å². The maximum absolute atomic E-state index is 11.0. The molecule has 0 unspecified atom stereocenters. The first-order valence-corrected chi connectivity index (χ1v) is 5.14. The lowest BCUT2D eigenvalue weighted by Crippen LogP contribution is -2.10. The van der Waals surface area contributed by atoms with E-state index in [0.29, 0.717) is 24.0 Å². The summed E-state index contributed by atoms with van der Waals surface area (Å²) >= 11 is 0. The molecule has 0 spiro atoms. The third-order valence-electron chi connectivity index (χ3n) is 2.60. The Morgan fingerprint density at radius 2 is 1.25 bits per heavy atom. The molecule has 1 aromatic rings. The Bertz CT molecular complexity index is 394. The maximum Gasteiger partial charge on any atom is 0.335 e. The number of rotatable bonds is 4. The molecule has 16 heavy (non-hydrogen) atoms. The van der Waals surface area contributed by atoms with E-state index < -0.39 is 11.9 Å². The zero-order valence-electron chi connectivity index (χ0n) is 9.28. The van der Waals surface area contributed by atoms with Crippen LogP contribution in [0, 0.1) is 0 Å². The maximum atomic E-state index is 11.0. The van der Waals surface area contributed by atoms with Crippen LogP contribution in [-0.2, 0) is 12.8 Å². The fraction of sp³-hybridized carbons (Fsp3) is 0.333. The Kier molecular flexibility index (Phi) is 3.66. The third kappa shape index (κ3) is 2.05. The molecule has 0 amide bonds. The summed E-state index contributed by atoms with van der Waals surface area (Å²) in [6.45, 7) is 3.65. The highest BCUT2D eigenvalue weighted by molar-refractivity contribution is 5.95. The van der Waals surface area contributed by atoms with Crippen molar-refractivity contribution in [3.05, 3.63) is 34.4 Å². The van der Waals surface area contributed by atoms with Crippen molar-refractivity contribution in [1.82, 2.24) is 0 Å². The molecule has 86 valence electrons. The molecule has 0 aliphatic rings. The van der Waals surface area contributed by atoms with Gasteiger partial charge in [-0.1, -0.05) is 13.8 Å². The Hall–Kier alpha value is -1.84. The molecule has 1 aromatic carbocycles. The minimum absolute atomic E-state index is 0.198. The largest absolute Gasteiger partial charge is 0.478 e. The topological polar surface area (TPSA) is 74.6 Å². The van der Waals surface area contributed by atoms with E-state index in [1.54, 1.807) is 0 Å². The van der Waals surface area contributed by atoms with E-state index in [2.05, 4.69) is 0 Å². The lowest BCUT2D eigenvalue weighted by atomic mass is 9.92. The van der Waals surface area contributed by atoms with Crippen LogP contribution >= 0.6 is 0 Å². The molecule has 4 heteroatoms. The zero-order valence-corrected chi connectivity index (χ0v) is 9.28. The van der Waals surface area contributed by atoms with Crippen molar-refractivity contribution in [3.63, 3.8) is 0 Å². The van der Waals surface area contributed by atoms with Gasteiger partial charge in [0.05, 0.1) is 11.1 Å². The molecular weight excluding hydrogens is 208 g/mol. The Morgan fingerprint density at radius 1 is 0.938 bits per heavy atom. The molecule has 2 N–H and O–H groups in total. The van der Waals surface area contributed by atoms with Gasteiger partial charge in [0.15, 0.2) is 0 Å². The minimum Gasteiger partial charge on any atom is -0.478 e. The van der Waals surface area contributed by atoms with Crippen molar-refractivity contribution in [2.45, 2.75) is 26.7 Å². The molecule has 0 saturated heterocycles. The number of hydrogen-bond acceptors (Lipinski definition) is 2. The molecule has 0 aliphatic carbocycles. The van der Waals surface area contributed by atoms with Crippen LogP contribution in [0.5, 0.6) is 0 Å². The van der Waals surface area contributed by atoms with Gasteiger partial charge >= 0.3 is 11.9 Å². The second-order valence-corrected chi connectivity index (χ2v) is 3.44. The van der Waals surface area contributed by atoms with Gasteiger partial charge in [-0.2, -0.15) is 0 Å². The molecule has 4 nitrogen and oxygen atoms in total. The Labute approximate surface area is 93.5 Å². The van der Waals surface area contributed by atoms with Crippen LogP contribution in [0.1, 0.15) is 45.7 Å². The van der Waals surface area contributed by atoms with Crippen LogP contribution in [-0.4, -0.2) is 22.2 Å². The summed E-state index contributed by atoms with van der Waals surface area (Å²) in [5.41, 5.74) is 1.64. The monoisotopic (exact) mass is 222 g/mol. The molecule has 0 saturated carbocycles. The predicted octanol–water partition coefficient (Wildman–Crippen LogP) is 2.21. The second kappa shape index (κ2) is 4.79. The van der Waals surface area contributed by atoms with E-state index in [-0.39, 0.29) is 11.1 Å². The summed E-state index contributed by atoms with van der Waals surface area (Å²) in [4.78, 5) is 22.0. The van der Waals surface area contributed by atoms with Gasteiger partial charge in [0.1, 0.15) is 0 Å². The molecule has 0 fully saturated rings. The quantitative estimate of drug-likeness (QED) is 0.819. The van der Waals surface area contributed by atoms with Gasteiger partial charge in [0, 0.05) is 0 Å². The van der Waals surface area contributed by atoms with Gasteiger partial charge in [-0.3, -0.25) is 0 Å². The number of carbonyl (C=O) groups is 2. The molecule has 0 atom stereocenters. The standard InChI is InChI=1S/C12H14O4/c1-3-7-8(4-2)10(12(15)16)6-5-9(7)11(13)14/h5-6H,3-4H2,1-2H3,(H,13,14)(H,15,16). The predicted molar refractivity (Wildman–Crippen MR) is 59.1 cm³/mol. The van der Waals surface area contributed by atoms with E-state index in [1.165, 1.54) is 12.1 Å². The summed E-state index contributed by atoms with van der Waals surface area (Å²) in [6, 6.07) is 2.73. The molecular formula is C12H14O4. The number of aromatic carboxylic acids is 2. The number of carboxylic acid groups (broad SMARTS) is 2. The number of hydrogen-bond donors (Lipinski definition) is 2. The van der Waals surface area contributed by atoms with E-state index in [0.717, 1.165) is 0 Å². The van der Waals surface area contributed by atoms with Gasteiger partial charge < -0.3 is 10.2 Å². The first-order valence-electron chi connectivity index (χ1n) is 5.14. The summed E-state index contributed by atoms with van der Waals surface area (Å²) in [5, 5.41) is 18.0. The lowest BCUT2D eigenvalue weighted by Gasteiger charge is -2.12. The molecule has 0 aliphatic heterocycles. The summed E-state index contributed by atoms with van der Waals surface area (Å²) in [6.07, 6.45) is 1.04. The normalized spacial score (nSPS) is 10.1. The van der Waals surface area contributed by atoms with E-state index in [9.17, 15) is 9.59 Å². The zero-order chi connectivity index (χ0) is 12.3. The van der Waals surface area contributed by atoms with Gasteiger partial charge in [0.2, 0.25) is 0 Å². The summed E-state index contributed by atoms with van der Waals surface area (Å²) < 4.78 is 0. The Balaban J connectivity index is 3.52. The Morgan fingerprint density at radius 3 is 1.44 bits per heavy atom. The second-order valence-electron chi connectivity index (χ2n) is 3.44. The minimum atomic E-state index is -1.01. The van der Waals surface area contributed by atoms with Crippen molar-refractivity contribution in [3.8, 4) is 0 Å². The molecule has 0 aromatic heterocycles. The van der Waals surface area contributed by atoms with Crippen LogP contribution in [0.15, 0.2) is 12.1 Å². The third-order valence-corrected chi connectivity index (χ3v) is 2.60. The molecule has 1 rings (SSSR count). The van der Waals surface area contributed by atoms with E-state index in [1.807, 2.05) is 13.8 Å². The van der Waals surface area contributed by atoms with Crippen LogP contribution < -0.4 is 0 Å². The van der Waals surface area contributed by atoms with Gasteiger partial charge in [-0.05, 0) is 36.1 Å². The van der Waals surface area contributed by atoms with Crippen molar-refractivity contribution in [2.24, 2.45) is 0 Å². The lowest BCUT2D eigenvalue weighted by molar-refractivity contribution is 0.0679. The SMILES string of the molecule is CCc1c(C(=O)O)ccc(C(=O)O)c1CC. The van der Waals surface area contributed by atoms with Gasteiger partial charge in [-0.25, -0.2) is 9.59 Å². The first kappa shape index (κ1) is 12.2. The number of benzene rings is 1. The van der Waals surface area contributed by atoms with E-state index in [4.69, 9.17) is 10.2 Å². The van der Waals surface area contributed by atoms with Gasteiger partial charge in [0.25, 0.3) is 0 Å². The van der Waals surface area contributed by atoms with Crippen LogP contribution in [0.3, 0.4) is 0 Å². The van der Waals surface area contributed by atoms with Crippen molar-refractivity contribution in [2.75, 3.05) is 0 Å². The molecule has 0 heterocycles. The molecule has 0 bridgehead atoms. The average molecular weight is 222 g/mol. The highest BCUT2D eigenvalue weighted by atomic mass is 16.4. The summed E-state index contributed by atoms with van der Waals surface area (Å²) in [7, 11) is 0. The van der Waals surface area contributed by atoms with Crippen molar-refractivity contribution < 1.29 is 19.8 Å². The molecule has 0 radical (unpaired) electrons. The summed E-state index contributed by atoms with van der Waals surface area (Å²) in [5.74, 6) is -2.02. The first-order chi connectivity index (χ1) is 7.52. The van der Waals surface area contributed by atoms with Crippen LogP contribution in [0.25, 0.3) is 0 Å². The smallest absolute Gasteiger partial charge is 0.335 e. The van der Waals surface area contributed by atoms with Crippen molar-refractivity contribution >= 4 is 11.9 Å². The fourth-order valence-corrected chi connectivity index (χ4v) is 1.90. The fourth-order valence-electron chi connectivity index (χ4n) is 1.90. The van der Waals surface area contributed by atoms with Crippen LogP contribution in [0.4, 0.5) is 0 Å². The van der Waals surface area contributed by atoms with Crippen LogP contribution in [0.2, 0.25) is 0 Å². The highest BCUT2D eigenvalue weighted by Crippen LogP contribution is 2.21. The van der Waals surface area contributed by atoms with E-state index >= 15 is 0 Å².